The number of rotatable bonds is 8. The molecule has 0 bridgehead atoms. The van der Waals surface area contributed by atoms with Crippen molar-refractivity contribution in [2.24, 2.45) is 23.2 Å². The summed E-state index contributed by atoms with van der Waals surface area (Å²) in [5.74, 6) is -2.44. The second-order valence-electron chi connectivity index (χ2n) is 5.40. The zero-order valence-electron chi connectivity index (χ0n) is 13.9. The van der Waals surface area contributed by atoms with Crippen LogP contribution in [0.15, 0.2) is 0 Å². The minimum Gasteiger partial charge on any atom is -0.468 e. The predicted octanol–water partition coefficient (Wildman–Crippen LogP) is 2.94. The van der Waals surface area contributed by atoms with E-state index in [0.717, 1.165) is 0 Å². The number of nitriles is 1. The molecule has 5 nitrogen and oxygen atoms in total. The Hall–Kier alpha value is -1.57. The lowest BCUT2D eigenvalue weighted by atomic mass is 9.62. The van der Waals surface area contributed by atoms with E-state index in [4.69, 9.17) is 9.47 Å². The van der Waals surface area contributed by atoms with E-state index in [-0.39, 0.29) is 18.4 Å². The van der Waals surface area contributed by atoms with Gasteiger partial charge in [0.1, 0.15) is 0 Å². The summed E-state index contributed by atoms with van der Waals surface area (Å²) < 4.78 is 9.99. The highest BCUT2D eigenvalue weighted by Crippen LogP contribution is 2.44. The normalized spacial score (nSPS) is 17.8. The minimum absolute atomic E-state index is 0.156. The molecule has 0 radical (unpaired) electrons. The second-order valence-corrected chi connectivity index (χ2v) is 5.40. The molecule has 0 rings (SSSR count). The van der Waals surface area contributed by atoms with Crippen LogP contribution in [0, 0.1) is 34.5 Å². The Labute approximate surface area is 127 Å². The SMILES string of the molecule is CCOC(=O)C(C(C)CC)C(C#N)(C(=O)OC)C(C)CC. The molecule has 0 aromatic heterocycles. The van der Waals surface area contributed by atoms with Gasteiger partial charge < -0.3 is 9.47 Å². The van der Waals surface area contributed by atoms with Gasteiger partial charge in [0.15, 0.2) is 5.41 Å². The van der Waals surface area contributed by atoms with Crippen molar-refractivity contribution in [3.05, 3.63) is 0 Å². The fourth-order valence-electron chi connectivity index (χ4n) is 2.69. The zero-order valence-corrected chi connectivity index (χ0v) is 13.9. The van der Waals surface area contributed by atoms with Gasteiger partial charge in [-0.2, -0.15) is 5.26 Å². The molecule has 4 unspecified atom stereocenters. The molecule has 0 saturated carbocycles. The van der Waals surface area contributed by atoms with Crippen molar-refractivity contribution in [2.45, 2.75) is 47.5 Å². The van der Waals surface area contributed by atoms with Crippen molar-refractivity contribution in [1.82, 2.24) is 0 Å². The first-order chi connectivity index (χ1) is 9.86. The molecule has 120 valence electrons. The van der Waals surface area contributed by atoms with Crippen LogP contribution in [0.5, 0.6) is 0 Å². The lowest BCUT2D eigenvalue weighted by molar-refractivity contribution is -0.170. The molecule has 0 aromatic carbocycles. The smallest absolute Gasteiger partial charge is 0.327 e. The summed E-state index contributed by atoms with van der Waals surface area (Å²) in [6.45, 7) is 9.40. The lowest BCUT2D eigenvalue weighted by Crippen LogP contribution is -2.50. The number of hydrogen-bond acceptors (Lipinski definition) is 5. The number of esters is 2. The maximum absolute atomic E-state index is 12.4. The third-order valence-corrected chi connectivity index (χ3v) is 4.34. The van der Waals surface area contributed by atoms with Gasteiger partial charge in [0.25, 0.3) is 0 Å². The number of methoxy groups -OCH3 is 1. The monoisotopic (exact) mass is 297 g/mol. The van der Waals surface area contributed by atoms with Crippen LogP contribution < -0.4 is 0 Å². The summed E-state index contributed by atoms with van der Waals surface area (Å²) in [4.78, 5) is 24.8. The second kappa shape index (κ2) is 8.66. The molecule has 5 heteroatoms. The minimum atomic E-state index is -1.51. The Morgan fingerprint density at radius 1 is 1.19 bits per heavy atom. The average Bonchev–Trinajstić information content (AvgIpc) is 2.50. The van der Waals surface area contributed by atoms with E-state index in [9.17, 15) is 14.9 Å². The van der Waals surface area contributed by atoms with E-state index in [1.54, 1.807) is 13.8 Å². The van der Waals surface area contributed by atoms with Crippen LogP contribution in [0.2, 0.25) is 0 Å². The quantitative estimate of drug-likeness (QED) is 0.644. The van der Waals surface area contributed by atoms with Crippen LogP contribution in [0.3, 0.4) is 0 Å². The molecular formula is C16H27NO4. The van der Waals surface area contributed by atoms with Crippen molar-refractivity contribution in [1.29, 1.82) is 5.26 Å². The van der Waals surface area contributed by atoms with Gasteiger partial charge in [0.05, 0.1) is 25.7 Å². The highest BCUT2D eigenvalue weighted by atomic mass is 16.5. The molecule has 0 N–H and O–H groups in total. The molecule has 0 aliphatic carbocycles. The first kappa shape index (κ1) is 19.4. The van der Waals surface area contributed by atoms with E-state index in [2.05, 4.69) is 6.07 Å². The predicted molar refractivity (Wildman–Crippen MR) is 79.1 cm³/mol. The van der Waals surface area contributed by atoms with Crippen LogP contribution in [-0.2, 0) is 19.1 Å². The molecule has 21 heavy (non-hydrogen) atoms. The van der Waals surface area contributed by atoms with Gasteiger partial charge >= 0.3 is 11.9 Å². The highest BCUT2D eigenvalue weighted by Gasteiger charge is 2.56. The van der Waals surface area contributed by atoms with Gasteiger partial charge in [0, 0.05) is 0 Å². The first-order valence-corrected chi connectivity index (χ1v) is 7.53. The number of nitrogens with zero attached hydrogens (tertiary/aromatic N) is 1. The van der Waals surface area contributed by atoms with E-state index < -0.39 is 23.3 Å². The summed E-state index contributed by atoms with van der Waals surface area (Å²) in [6.07, 6.45) is 1.26. The molecule has 0 saturated heterocycles. The van der Waals surface area contributed by atoms with Gasteiger partial charge in [0.2, 0.25) is 0 Å². The standard InChI is InChI=1S/C16H27NO4/c1-7-11(4)13(14(18)21-9-3)16(10-17,12(5)8-2)15(19)20-6/h11-13H,7-9H2,1-6H3. The third-order valence-electron chi connectivity index (χ3n) is 4.34. The molecule has 0 aliphatic rings. The van der Waals surface area contributed by atoms with E-state index in [0.29, 0.717) is 12.8 Å². The molecular weight excluding hydrogens is 270 g/mol. The van der Waals surface area contributed by atoms with E-state index >= 15 is 0 Å². The number of carbonyl (C=O) groups is 2. The van der Waals surface area contributed by atoms with Crippen molar-refractivity contribution in [3.8, 4) is 6.07 Å². The van der Waals surface area contributed by atoms with Crippen molar-refractivity contribution in [2.75, 3.05) is 13.7 Å². The van der Waals surface area contributed by atoms with Crippen molar-refractivity contribution < 1.29 is 19.1 Å². The molecule has 0 amide bonds. The van der Waals surface area contributed by atoms with Gasteiger partial charge in [-0.05, 0) is 18.8 Å². The fraction of sp³-hybridized carbons (Fsp3) is 0.812. The molecule has 0 heterocycles. The summed E-state index contributed by atoms with van der Waals surface area (Å²) in [7, 11) is 1.25. The lowest BCUT2D eigenvalue weighted by Gasteiger charge is -2.38. The summed E-state index contributed by atoms with van der Waals surface area (Å²) in [5, 5.41) is 9.75. The van der Waals surface area contributed by atoms with E-state index in [1.807, 2.05) is 20.8 Å². The van der Waals surface area contributed by atoms with Crippen LogP contribution in [0.1, 0.15) is 47.5 Å². The van der Waals surface area contributed by atoms with Crippen LogP contribution in [0.4, 0.5) is 0 Å². The Bertz CT molecular complexity index is 402. The first-order valence-electron chi connectivity index (χ1n) is 7.53. The van der Waals surface area contributed by atoms with Crippen LogP contribution in [-0.4, -0.2) is 25.7 Å². The number of carbonyl (C=O) groups excluding carboxylic acids is 2. The van der Waals surface area contributed by atoms with Gasteiger partial charge in [-0.3, -0.25) is 9.59 Å². The zero-order chi connectivity index (χ0) is 16.6. The average molecular weight is 297 g/mol. The largest absolute Gasteiger partial charge is 0.468 e. The molecule has 0 fully saturated rings. The van der Waals surface area contributed by atoms with Crippen LogP contribution in [0.25, 0.3) is 0 Å². The number of ether oxygens (including phenoxy) is 2. The topological polar surface area (TPSA) is 76.4 Å². The molecule has 4 atom stereocenters. The molecule has 0 aliphatic heterocycles. The molecule has 0 spiro atoms. The highest BCUT2D eigenvalue weighted by molar-refractivity contribution is 5.88. The maximum Gasteiger partial charge on any atom is 0.327 e. The Balaban J connectivity index is 6.07. The van der Waals surface area contributed by atoms with Crippen LogP contribution >= 0.6 is 0 Å². The number of hydrogen-bond donors (Lipinski definition) is 0. The third kappa shape index (κ3) is 3.75. The fourth-order valence-corrected chi connectivity index (χ4v) is 2.69. The van der Waals surface area contributed by atoms with E-state index in [1.165, 1.54) is 7.11 Å². The Kier molecular flexibility index (Phi) is 8.01. The van der Waals surface area contributed by atoms with Gasteiger partial charge in [-0.25, -0.2) is 0 Å². The molecule has 0 aromatic rings. The Morgan fingerprint density at radius 2 is 1.76 bits per heavy atom. The Morgan fingerprint density at radius 3 is 2.10 bits per heavy atom. The van der Waals surface area contributed by atoms with Gasteiger partial charge in [-0.15, -0.1) is 0 Å². The van der Waals surface area contributed by atoms with Gasteiger partial charge in [-0.1, -0.05) is 40.5 Å². The van der Waals surface area contributed by atoms with Crippen molar-refractivity contribution in [3.63, 3.8) is 0 Å². The summed E-state index contributed by atoms with van der Waals surface area (Å²) in [5.41, 5.74) is -1.51. The van der Waals surface area contributed by atoms with Crippen molar-refractivity contribution >= 4 is 11.9 Å². The summed E-state index contributed by atoms with van der Waals surface area (Å²) >= 11 is 0. The summed E-state index contributed by atoms with van der Waals surface area (Å²) in [6, 6.07) is 2.10. The maximum atomic E-state index is 12.4.